The third kappa shape index (κ3) is 3.54. The van der Waals surface area contributed by atoms with E-state index in [0.29, 0.717) is 17.0 Å². The number of rotatable bonds is 5. The summed E-state index contributed by atoms with van der Waals surface area (Å²) in [6.07, 6.45) is 0.654. The van der Waals surface area contributed by atoms with E-state index in [4.69, 9.17) is 9.15 Å². The molecule has 0 saturated heterocycles. The smallest absolute Gasteiger partial charge is 0.311 e. The number of fused-ring (bicyclic) bond motifs is 3. The molecule has 0 fully saturated rings. The molecule has 1 atom stereocenters. The van der Waals surface area contributed by atoms with Crippen LogP contribution in [0, 0.1) is 13.8 Å². The first-order valence-corrected chi connectivity index (χ1v) is 9.73. The molecule has 2 aromatic heterocycles. The largest absolute Gasteiger partial charge is 0.464 e. The van der Waals surface area contributed by atoms with Crippen LogP contribution in [-0.2, 0) is 27.8 Å². The second-order valence-electron chi connectivity index (χ2n) is 7.39. The van der Waals surface area contributed by atoms with E-state index in [1.165, 1.54) is 0 Å². The van der Waals surface area contributed by atoms with Gasteiger partial charge in [-0.1, -0.05) is 30.3 Å². The van der Waals surface area contributed by atoms with E-state index >= 15 is 0 Å². The number of nitrogens with one attached hydrogen (secondary N) is 1. The Morgan fingerprint density at radius 3 is 2.70 bits per heavy atom. The van der Waals surface area contributed by atoms with E-state index in [2.05, 4.69) is 10.4 Å². The normalized spacial score (nSPS) is 12.3. The molecule has 30 heavy (non-hydrogen) atoms. The van der Waals surface area contributed by atoms with Gasteiger partial charge < -0.3 is 14.5 Å². The lowest BCUT2D eigenvalue weighted by Gasteiger charge is -2.13. The summed E-state index contributed by atoms with van der Waals surface area (Å²) in [5, 5.41) is 10.0. The number of hydrogen-bond donors (Lipinski definition) is 1. The van der Waals surface area contributed by atoms with Crippen molar-refractivity contribution < 1.29 is 18.7 Å². The molecule has 4 rings (SSSR count). The Bertz CT molecular complexity index is 1270. The fourth-order valence-electron chi connectivity index (χ4n) is 3.63. The molecule has 0 aliphatic rings. The molecule has 7 heteroatoms. The Labute approximate surface area is 173 Å². The quantitative estimate of drug-likeness (QED) is 0.506. The van der Waals surface area contributed by atoms with E-state index < -0.39 is 18.0 Å². The van der Waals surface area contributed by atoms with Crippen LogP contribution in [0.25, 0.3) is 21.7 Å². The van der Waals surface area contributed by atoms with Crippen molar-refractivity contribution in [3.8, 4) is 0 Å². The number of furan rings is 1. The molecule has 4 aromatic rings. The molecule has 7 nitrogen and oxygen atoms in total. The van der Waals surface area contributed by atoms with Crippen molar-refractivity contribution in [3.05, 3.63) is 59.6 Å². The van der Waals surface area contributed by atoms with Gasteiger partial charge in [0.1, 0.15) is 5.58 Å². The van der Waals surface area contributed by atoms with Crippen LogP contribution in [0.3, 0.4) is 0 Å². The summed E-state index contributed by atoms with van der Waals surface area (Å²) in [5.74, 6) is -0.891. The molecule has 1 N–H and O–H groups in total. The Hall–Kier alpha value is -3.61. The summed E-state index contributed by atoms with van der Waals surface area (Å²) in [5.41, 5.74) is 3.62. The van der Waals surface area contributed by atoms with Crippen LogP contribution in [0.1, 0.15) is 23.9 Å². The third-order valence-corrected chi connectivity index (χ3v) is 5.31. The molecule has 0 unspecified atom stereocenters. The highest BCUT2D eigenvalue weighted by molar-refractivity contribution is 6.08. The second kappa shape index (κ2) is 7.67. The highest BCUT2D eigenvalue weighted by Crippen LogP contribution is 2.30. The summed E-state index contributed by atoms with van der Waals surface area (Å²) >= 11 is 0. The number of aromatic nitrogens is 2. The first kappa shape index (κ1) is 19.7. The van der Waals surface area contributed by atoms with Gasteiger partial charge in [-0.25, -0.2) is 0 Å². The van der Waals surface area contributed by atoms with Crippen molar-refractivity contribution in [2.45, 2.75) is 33.3 Å². The van der Waals surface area contributed by atoms with Crippen molar-refractivity contribution in [2.24, 2.45) is 7.05 Å². The molecule has 0 aliphatic heterocycles. The lowest BCUT2D eigenvalue weighted by molar-refractivity contribution is -0.152. The van der Waals surface area contributed by atoms with Gasteiger partial charge in [0.15, 0.2) is 6.10 Å². The average molecular weight is 405 g/mol. The van der Waals surface area contributed by atoms with E-state index in [-0.39, 0.29) is 6.42 Å². The van der Waals surface area contributed by atoms with E-state index in [1.54, 1.807) is 24.9 Å². The zero-order valence-electron chi connectivity index (χ0n) is 17.4. The van der Waals surface area contributed by atoms with Gasteiger partial charge in [0.2, 0.25) is 0 Å². The maximum Gasteiger partial charge on any atom is 0.311 e. The Kier molecular flexibility index (Phi) is 5.03. The molecular weight excluding hydrogens is 382 g/mol. The zero-order chi connectivity index (χ0) is 21.4. The van der Waals surface area contributed by atoms with Crippen molar-refractivity contribution in [3.63, 3.8) is 0 Å². The molecule has 0 saturated carbocycles. The number of aryl methyl sites for hydroxylation is 2. The number of carbonyl (C=O) groups excluding carboxylic acids is 2. The number of carbonyl (C=O) groups is 2. The second-order valence-corrected chi connectivity index (χ2v) is 7.39. The van der Waals surface area contributed by atoms with Gasteiger partial charge in [0.05, 0.1) is 29.8 Å². The molecule has 0 aliphatic carbocycles. The number of esters is 1. The minimum atomic E-state index is -0.939. The molecule has 154 valence electrons. The summed E-state index contributed by atoms with van der Waals surface area (Å²) in [6.45, 7) is 5.23. The maximum atomic E-state index is 12.5. The van der Waals surface area contributed by atoms with E-state index in [0.717, 1.165) is 27.4 Å². The molecule has 1 amide bonds. The van der Waals surface area contributed by atoms with Crippen LogP contribution in [0.4, 0.5) is 5.69 Å². The fourth-order valence-corrected chi connectivity index (χ4v) is 3.63. The van der Waals surface area contributed by atoms with Gasteiger partial charge >= 0.3 is 5.97 Å². The SMILES string of the molecule is Cc1nn(C)c(C)c1NC(=O)[C@@H](C)OC(=O)Cc1coc2ccc3ccccc3c12. The van der Waals surface area contributed by atoms with Gasteiger partial charge in [0, 0.05) is 18.0 Å². The number of hydrogen-bond acceptors (Lipinski definition) is 5. The monoisotopic (exact) mass is 405 g/mol. The average Bonchev–Trinajstić information content (AvgIpc) is 3.23. The lowest BCUT2D eigenvalue weighted by Crippen LogP contribution is -2.30. The van der Waals surface area contributed by atoms with Crippen LogP contribution in [0.15, 0.2) is 47.1 Å². The first-order chi connectivity index (χ1) is 14.3. The Balaban J connectivity index is 1.48. The maximum absolute atomic E-state index is 12.5. The molecule has 0 bridgehead atoms. The molecule has 0 spiro atoms. The first-order valence-electron chi connectivity index (χ1n) is 9.73. The number of amides is 1. The van der Waals surface area contributed by atoms with Crippen LogP contribution in [0.5, 0.6) is 0 Å². The summed E-state index contributed by atoms with van der Waals surface area (Å²) in [4.78, 5) is 25.0. The van der Waals surface area contributed by atoms with Crippen molar-refractivity contribution in [1.29, 1.82) is 0 Å². The van der Waals surface area contributed by atoms with E-state index in [9.17, 15) is 9.59 Å². The predicted octanol–water partition coefficient (Wildman–Crippen LogP) is 4.05. The molecular formula is C23H23N3O4. The van der Waals surface area contributed by atoms with Gasteiger partial charge in [-0.15, -0.1) is 0 Å². The Morgan fingerprint density at radius 1 is 1.20 bits per heavy atom. The Morgan fingerprint density at radius 2 is 1.97 bits per heavy atom. The van der Waals surface area contributed by atoms with Gasteiger partial charge in [-0.2, -0.15) is 5.10 Å². The van der Waals surface area contributed by atoms with Crippen molar-refractivity contribution in [2.75, 3.05) is 5.32 Å². The van der Waals surface area contributed by atoms with Crippen LogP contribution in [-0.4, -0.2) is 27.8 Å². The molecule has 0 radical (unpaired) electrons. The number of benzene rings is 2. The fraction of sp³-hybridized carbons (Fsp3) is 0.261. The highest BCUT2D eigenvalue weighted by Gasteiger charge is 2.22. The molecule has 2 heterocycles. The minimum Gasteiger partial charge on any atom is -0.464 e. The summed E-state index contributed by atoms with van der Waals surface area (Å²) < 4.78 is 12.7. The highest BCUT2D eigenvalue weighted by atomic mass is 16.5. The number of nitrogens with zero attached hydrogens (tertiary/aromatic N) is 2. The van der Waals surface area contributed by atoms with Crippen LogP contribution < -0.4 is 5.32 Å². The van der Waals surface area contributed by atoms with Crippen LogP contribution in [0.2, 0.25) is 0 Å². The van der Waals surface area contributed by atoms with Crippen LogP contribution >= 0.6 is 0 Å². The standard InChI is InChI=1S/C23H23N3O4/c1-13-22(14(2)26(4)25-13)24-23(28)15(3)30-20(27)11-17-12-29-19-10-9-16-7-5-6-8-18(16)21(17)19/h5-10,12,15H,11H2,1-4H3,(H,24,28)/t15-/m1/s1. The molecule has 2 aromatic carbocycles. The van der Waals surface area contributed by atoms with Gasteiger partial charge in [0.25, 0.3) is 5.91 Å². The number of anilines is 1. The number of ether oxygens (including phenoxy) is 1. The lowest BCUT2D eigenvalue weighted by atomic mass is 10.0. The minimum absolute atomic E-state index is 0.0174. The van der Waals surface area contributed by atoms with Crippen molar-refractivity contribution >= 4 is 39.3 Å². The third-order valence-electron chi connectivity index (χ3n) is 5.31. The zero-order valence-corrected chi connectivity index (χ0v) is 17.4. The van der Waals surface area contributed by atoms with E-state index in [1.807, 2.05) is 50.2 Å². The van der Waals surface area contributed by atoms with Gasteiger partial charge in [-0.05, 0) is 37.6 Å². The summed E-state index contributed by atoms with van der Waals surface area (Å²) in [7, 11) is 1.81. The topological polar surface area (TPSA) is 86.4 Å². The van der Waals surface area contributed by atoms with Crippen molar-refractivity contribution in [1.82, 2.24) is 9.78 Å². The predicted molar refractivity (Wildman–Crippen MR) is 114 cm³/mol. The van der Waals surface area contributed by atoms with Gasteiger partial charge in [-0.3, -0.25) is 14.3 Å². The summed E-state index contributed by atoms with van der Waals surface area (Å²) in [6, 6.07) is 11.8.